The molecule has 1 saturated heterocycles. The van der Waals surface area contributed by atoms with Crippen molar-refractivity contribution in [1.82, 2.24) is 0 Å². The molecule has 1 unspecified atom stereocenters. The van der Waals surface area contributed by atoms with E-state index in [1.54, 1.807) is 7.11 Å². The highest BCUT2D eigenvalue weighted by Crippen LogP contribution is 2.32. The van der Waals surface area contributed by atoms with E-state index in [-0.39, 0.29) is 6.29 Å². The molecule has 0 N–H and O–H groups in total. The van der Waals surface area contributed by atoms with Crippen LogP contribution in [0.15, 0.2) is 48.5 Å². The minimum Gasteiger partial charge on any atom is -0.496 e. The number of hydrogen-bond acceptors (Lipinski definition) is 3. The number of allylic oxidation sites excluding steroid dienone is 1. The van der Waals surface area contributed by atoms with E-state index < -0.39 is 0 Å². The van der Waals surface area contributed by atoms with Crippen molar-refractivity contribution in [2.24, 2.45) is 0 Å². The average Bonchev–Trinajstić information content (AvgIpc) is 2.63. The second kappa shape index (κ2) is 8.02. The average molecular weight is 324 g/mol. The first kappa shape index (κ1) is 16.6. The zero-order valence-electron chi connectivity index (χ0n) is 14.3. The van der Waals surface area contributed by atoms with Crippen molar-refractivity contribution in [3.63, 3.8) is 0 Å². The van der Waals surface area contributed by atoms with E-state index >= 15 is 0 Å². The van der Waals surface area contributed by atoms with E-state index in [4.69, 9.17) is 14.2 Å². The van der Waals surface area contributed by atoms with Crippen LogP contribution in [0.1, 0.15) is 31.7 Å². The Balaban J connectivity index is 1.80. The standard InChI is InChI=1S/C21H24O3/c1-3-6-16-8-13-20(22-2)19(15-16)17-9-11-18(12-10-17)24-21-7-4-5-14-23-21/h3,6,8-13,15,21H,4-5,7,14H2,1-2H3/b6-3+. The third-order valence-corrected chi connectivity index (χ3v) is 4.15. The van der Waals surface area contributed by atoms with Gasteiger partial charge in [0.15, 0.2) is 6.29 Å². The normalized spacial score (nSPS) is 17.8. The molecule has 1 aliphatic heterocycles. The first-order valence-electron chi connectivity index (χ1n) is 8.49. The van der Waals surface area contributed by atoms with Gasteiger partial charge in [0.2, 0.25) is 0 Å². The Hall–Kier alpha value is -2.26. The Labute approximate surface area is 143 Å². The first-order valence-corrected chi connectivity index (χ1v) is 8.49. The Morgan fingerprint density at radius 2 is 1.92 bits per heavy atom. The van der Waals surface area contributed by atoms with Crippen LogP contribution in [0.25, 0.3) is 17.2 Å². The number of ether oxygens (including phenoxy) is 3. The fourth-order valence-electron chi connectivity index (χ4n) is 2.92. The van der Waals surface area contributed by atoms with E-state index in [0.717, 1.165) is 54.1 Å². The van der Waals surface area contributed by atoms with Crippen LogP contribution >= 0.6 is 0 Å². The fourth-order valence-corrected chi connectivity index (χ4v) is 2.92. The van der Waals surface area contributed by atoms with E-state index in [2.05, 4.69) is 30.3 Å². The number of hydrogen-bond donors (Lipinski definition) is 0. The van der Waals surface area contributed by atoms with Gasteiger partial charge in [0, 0.05) is 12.0 Å². The van der Waals surface area contributed by atoms with Gasteiger partial charge in [-0.1, -0.05) is 30.4 Å². The molecule has 0 aromatic heterocycles. The highest BCUT2D eigenvalue weighted by molar-refractivity contribution is 5.74. The molecular weight excluding hydrogens is 300 g/mol. The van der Waals surface area contributed by atoms with Crippen molar-refractivity contribution >= 4 is 6.08 Å². The highest BCUT2D eigenvalue weighted by atomic mass is 16.7. The lowest BCUT2D eigenvalue weighted by Gasteiger charge is -2.23. The van der Waals surface area contributed by atoms with Gasteiger partial charge in [0.05, 0.1) is 13.7 Å². The molecule has 126 valence electrons. The quantitative estimate of drug-likeness (QED) is 0.747. The Morgan fingerprint density at radius 1 is 1.08 bits per heavy atom. The summed E-state index contributed by atoms with van der Waals surface area (Å²) < 4.78 is 17.0. The van der Waals surface area contributed by atoms with Gasteiger partial charge in [-0.2, -0.15) is 0 Å². The van der Waals surface area contributed by atoms with Crippen LogP contribution in [0, 0.1) is 0 Å². The summed E-state index contributed by atoms with van der Waals surface area (Å²) in [6.07, 6.45) is 7.25. The summed E-state index contributed by atoms with van der Waals surface area (Å²) in [5.41, 5.74) is 3.34. The summed E-state index contributed by atoms with van der Waals surface area (Å²) in [7, 11) is 1.70. The van der Waals surface area contributed by atoms with Gasteiger partial charge in [-0.25, -0.2) is 0 Å². The molecule has 1 fully saturated rings. The molecule has 2 aromatic rings. The molecule has 1 atom stereocenters. The minimum atomic E-state index is -0.114. The number of rotatable bonds is 5. The summed E-state index contributed by atoms with van der Waals surface area (Å²) in [6, 6.07) is 14.3. The number of methoxy groups -OCH3 is 1. The van der Waals surface area contributed by atoms with Crippen molar-refractivity contribution in [2.45, 2.75) is 32.5 Å². The van der Waals surface area contributed by atoms with Gasteiger partial charge in [-0.3, -0.25) is 0 Å². The van der Waals surface area contributed by atoms with Crippen LogP contribution < -0.4 is 9.47 Å². The van der Waals surface area contributed by atoms with Crippen LogP contribution in [-0.4, -0.2) is 20.0 Å². The number of benzene rings is 2. The molecule has 24 heavy (non-hydrogen) atoms. The molecule has 0 radical (unpaired) electrons. The summed E-state index contributed by atoms with van der Waals surface area (Å²) in [6.45, 7) is 2.81. The molecule has 0 amide bonds. The smallest absolute Gasteiger partial charge is 0.199 e. The fraction of sp³-hybridized carbons (Fsp3) is 0.333. The van der Waals surface area contributed by atoms with Crippen LogP contribution in [0.4, 0.5) is 0 Å². The Bertz CT molecular complexity index is 683. The van der Waals surface area contributed by atoms with Crippen LogP contribution in [0.2, 0.25) is 0 Å². The monoisotopic (exact) mass is 324 g/mol. The predicted octanol–water partition coefficient (Wildman–Crippen LogP) is 5.30. The van der Waals surface area contributed by atoms with E-state index in [9.17, 15) is 0 Å². The second-order valence-electron chi connectivity index (χ2n) is 5.90. The van der Waals surface area contributed by atoms with E-state index in [1.165, 1.54) is 0 Å². The summed E-state index contributed by atoms with van der Waals surface area (Å²) in [5.74, 6) is 1.71. The van der Waals surface area contributed by atoms with Gasteiger partial charge in [0.1, 0.15) is 11.5 Å². The zero-order chi connectivity index (χ0) is 16.8. The minimum absolute atomic E-state index is 0.114. The molecule has 1 aliphatic rings. The molecular formula is C21H24O3. The molecule has 0 saturated carbocycles. The van der Waals surface area contributed by atoms with Crippen LogP contribution in [0.3, 0.4) is 0 Å². The molecule has 0 bridgehead atoms. The van der Waals surface area contributed by atoms with Crippen molar-refractivity contribution in [2.75, 3.05) is 13.7 Å². The van der Waals surface area contributed by atoms with Gasteiger partial charge in [-0.15, -0.1) is 0 Å². The third-order valence-electron chi connectivity index (χ3n) is 4.15. The Morgan fingerprint density at radius 3 is 2.58 bits per heavy atom. The molecule has 3 rings (SSSR count). The predicted molar refractivity (Wildman–Crippen MR) is 97.4 cm³/mol. The molecule has 3 nitrogen and oxygen atoms in total. The molecule has 1 heterocycles. The maximum absolute atomic E-state index is 5.90. The third kappa shape index (κ3) is 3.98. The van der Waals surface area contributed by atoms with Crippen molar-refractivity contribution in [1.29, 1.82) is 0 Å². The van der Waals surface area contributed by atoms with Gasteiger partial charge >= 0.3 is 0 Å². The van der Waals surface area contributed by atoms with Gasteiger partial charge in [-0.05, 0) is 55.2 Å². The maximum Gasteiger partial charge on any atom is 0.199 e. The molecule has 0 aliphatic carbocycles. The van der Waals surface area contributed by atoms with Gasteiger partial charge < -0.3 is 14.2 Å². The first-order chi connectivity index (χ1) is 11.8. The summed E-state index contributed by atoms with van der Waals surface area (Å²) in [5, 5.41) is 0. The van der Waals surface area contributed by atoms with Crippen molar-refractivity contribution in [3.05, 3.63) is 54.1 Å². The Kier molecular flexibility index (Phi) is 5.55. The van der Waals surface area contributed by atoms with Gasteiger partial charge in [0.25, 0.3) is 0 Å². The lowest BCUT2D eigenvalue weighted by Crippen LogP contribution is -2.24. The summed E-state index contributed by atoms with van der Waals surface area (Å²) >= 11 is 0. The molecule has 3 heteroatoms. The lowest BCUT2D eigenvalue weighted by atomic mass is 10.0. The van der Waals surface area contributed by atoms with E-state index in [0.29, 0.717) is 0 Å². The largest absolute Gasteiger partial charge is 0.496 e. The van der Waals surface area contributed by atoms with Crippen molar-refractivity contribution < 1.29 is 14.2 Å². The second-order valence-corrected chi connectivity index (χ2v) is 5.90. The summed E-state index contributed by atoms with van der Waals surface area (Å²) in [4.78, 5) is 0. The zero-order valence-corrected chi connectivity index (χ0v) is 14.3. The molecule has 2 aromatic carbocycles. The van der Waals surface area contributed by atoms with Crippen molar-refractivity contribution in [3.8, 4) is 22.6 Å². The van der Waals surface area contributed by atoms with E-state index in [1.807, 2.05) is 31.2 Å². The van der Waals surface area contributed by atoms with Crippen LogP contribution in [0.5, 0.6) is 11.5 Å². The SMILES string of the molecule is C/C=C/c1ccc(OC)c(-c2ccc(OC3CCCCO3)cc2)c1. The molecule has 0 spiro atoms. The lowest BCUT2D eigenvalue weighted by molar-refractivity contribution is -0.105. The van der Waals surface area contributed by atoms with Crippen LogP contribution in [-0.2, 0) is 4.74 Å². The highest BCUT2D eigenvalue weighted by Gasteiger charge is 2.15. The topological polar surface area (TPSA) is 27.7 Å². The maximum atomic E-state index is 5.90.